The molecular weight excluding hydrogens is 488 g/mol. The molecule has 0 aromatic heterocycles. The molecule has 0 atom stereocenters. The van der Waals surface area contributed by atoms with Gasteiger partial charge in [-0.2, -0.15) is 0 Å². The summed E-state index contributed by atoms with van der Waals surface area (Å²) in [6.07, 6.45) is 1.39. The van der Waals surface area contributed by atoms with Crippen molar-refractivity contribution < 1.29 is 29.0 Å². The first kappa shape index (κ1) is 22.7. The maximum atomic E-state index is 12.7. The molecule has 31 heavy (non-hydrogen) atoms. The first-order valence-corrected chi connectivity index (χ1v) is 10.8. The van der Waals surface area contributed by atoms with Crippen LogP contribution in [0.3, 0.4) is 0 Å². The normalized spacial score (nSPS) is 14.8. The summed E-state index contributed by atoms with van der Waals surface area (Å²) in [5.74, 6) is -0.404. The zero-order valence-electron chi connectivity index (χ0n) is 16.7. The number of phenolic OH excluding ortho intramolecular Hbond substituents is 1. The standard InChI is InChI=1S/C21H19BrN2O6S/c1-3-30-15-6-4-14(5-7-15)23-18(25)11-24-20(27)17(31-21(24)28)9-12-8-13(22)10-16(29-2)19(12)26/h4-10,26H,3,11H2,1-2H3,(H,23,25)/b17-9+. The van der Waals surface area contributed by atoms with E-state index in [1.807, 2.05) is 6.92 Å². The average Bonchev–Trinajstić information content (AvgIpc) is 2.99. The minimum atomic E-state index is -0.616. The molecule has 3 rings (SSSR count). The van der Waals surface area contributed by atoms with Crippen LogP contribution in [-0.2, 0) is 9.59 Å². The van der Waals surface area contributed by atoms with Crippen LogP contribution < -0.4 is 14.8 Å². The van der Waals surface area contributed by atoms with E-state index in [0.717, 1.165) is 4.90 Å². The number of methoxy groups -OCH3 is 1. The molecule has 10 heteroatoms. The maximum absolute atomic E-state index is 12.7. The van der Waals surface area contributed by atoms with Crippen LogP contribution in [0.25, 0.3) is 6.08 Å². The summed E-state index contributed by atoms with van der Waals surface area (Å²) in [5.41, 5.74) is 0.817. The number of imide groups is 1. The Hall–Kier alpha value is -2.98. The Morgan fingerprint density at radius 3 is 2.61 bits per heavy atom. The summed E-state index contributed by atoms with van der Waals surface area (Å²) in [6.45, 7) is 1.97. The number of aromatic hydroxyl groups is 1. The number of ether oxygens (including phenoxy) is 2. The quantitative estimate of drug-likeness (QED) is 0.541. The number of carbonyl (C=O) groups excluding carboxylic acids is 3. The number of phenols is 1. The van der Waals surface area contributed by atoms with Crippen molar-refractivity contribution in [2.24, 2.45) is 0 Å². The van der Waals surface area contributed by atoms with E-state index in [0.29, 0.717) is 39.8 Å². The number of hydrogen-bond donors (Lipinski definition) is 2. The van der Waals surface area contributed by atoms with Crippen LogP contribution in [0.4, 0.5) is 10.5 Å². The minimum absolute atomic E-state index is 0.0920. The highest BCUT2D eigenvalue weighted by molar-refractivity contribution is 9.10. The van der Waals surface area contributed by atoms with Crippen LogP contribution in [-0.4, -0.2) is 47.3 Å². The number of thioether (sulfide) groups is 1. The van der Waals surface area contributed by atoms with Gasteiger partial charge in [0.25, 0.3) is 11.1 Å². The molecule has 1 aliphatic heterocycles. The van der Waals surface area contributed by atoms with Crippen molar-refractivity contribution in [3.63, 3.8) is 0 Å². The van der Waals surface area contributed by atoms with Crippen LogP contribution in [0.15, 0.2) is 45.8 Å². The number of halogens is 1. The highest BCUT2D eigenvalue weighted by atomic mass is 79.9. The lowest BCUT2D eigenvalue weighted by Crippen LogP contribution is -2.36. The van der Waals surface area contributed by atoms with Crippen LogP contribution in [0.5, 0.6) is 17.2 Å². The second-order valence-corrected chi connectivity index (χ2v) is 8.23. The molecule has 1 aliphatic rings. The van der Waals surface area contributed by atoms with E-state index in [1.54, 1.807) is 36.4 Å². The second-order valence-electron chi connectivity index (χ2n) is 6.32. The van der Waals surface area contributed by atoms with E-state index in [2.05, 4.69) is 21.2 Å². The molecular formula is C21H19BrN2O6S. The third kappa shape index (κ3) is 5.39. The smallest absolute Gasteiger partial charge is 0.294 e. The van der Waals surface area contributed by atoms with Gasteiger partial charge in [0.1, 0.15) is 12.3 Å². The van der Waals surface area contributed by atoms with Gasteiger partial charge in [0.15, 0.2) is 11.5 Å². The van der Waals surface area contributed by atoms with Gasteiger partial charge in [0.05, 0.1) is 18.6 Å². The summed E-state index contributed by atoms with van der Waals surface area (Å²) in [7, 11) is 1.40. The molecule has 0 bridgehead atoms. The van der Waals surface area contributed by atoms with Gasteiger partial charge in [-0.3, -0.25) is 19.3 Å². The highest BCUT2D eigenvalue weighted by Crippen LogP contribution is 2.38. The van der Waals surface area contributed by atoms with Crippen molar-refractivity contribution in [1.29, 1.82) is 0 Å². The molecule has 0 saturated carbocycles. The largest absolute Gasteiger partial charge is 0.504 e. The Labute approximate surface area is 191 Å². The topological polar surface area (TPSA) is 105 Å². The third-order valence-corrected chi connectivity index (χ3v) is 5.57. The fourth-order valence-electron chi connectivity index (χ4n) is 2.78. The minimum Gasteiger partial charge on any atom is -0.504 e. The average molecular weight is 507 g/mol. The third-order valence-electron chi connectivity index (χ3n) is 4.20. The number of anilines is 1. The Morgan fingerprint density at radius 2 is 1.97 bits per heavy atom. The van der Waals surface area contributed by atoms with Crippen molar-refractivity contribution in [2.45, 2.75) is 6.92 Å². The first-order valence-electron chi connectivity index (χ1n) is 9.17. The predicted molar refractivity (Wildman–Crippen MR) is 121 cm³/mol. The van der Waals surface area contributed by atoms with Crippen LogP contribution in [0, 0.1) is 0 Å². The number of nitrogens with zero attached hydrogens (tertiary/aromatic N) is 1. The lowest BCUT2D eigenvalue weighted by atomic mass is 10.1. The summed E-state index contributed by atoms with van der Waals surface area (Å²) in [4.78, 5) is 38.3. The maximum Gasteiger partial charge on any atom is 0.294 e. The number of carbonyl (C=O) groups is 3. The molecule has 8 nitrogen and oxygen atoms in total. The Balaban J connectivity index is 1.71. The first-order chi connectivity index (χ1) is 14.8. The summed E-state index contributed by atoms with van der Waals surface area (Å²) in [6, 6.07) is 9.91. The fourth-order valence-corrected chi connectivity index (χ4v) is 4.07. The number of nitrogens with one attached hydrogen (secondary N) is 1. The molecule has 0 spiro atoms. The van der Waals surface area contributed by atoms with Gasteiger partial charge in [-0.25, -0.2) is 0 Å². The van der Waals surface area contributed by atoms with Crippen molar-refractivity contribution in [1.82, 2.24) is 4.90 Å². The van der Waals surface area contributed by atoms with E-state index in [-0.39, 0.29) is 16.4 Å². The molecule has 2 N–H and O–H groups in total. The molecule has 3 amide bonds. The van der Waals surface area contributed by atoms with Crippen molar-refractivity contribution in [3.8, 4) is 17.2 Å². The molecule has 0 aliphatic carbocycles. The molecule has 162 valence electrons. The highest BCUT2D eigenvalue weighted by Gasteiger charge is 2.36. The van der Waals surface area contributed by atoms with Gasteiger partial charge in [-0.05, 0) is 61.2 Å². The molecule has 2 aromatic carbocycles. The van der Waals surface area contributed by atoms with Gasteiger partial charge in [-0.15, -0.1) is 0 Å². The van der Waals surface area contributed by atoms with Gasteiger partial charge >= 0.3 is 0 Å². The lowest BCUT2D eigenvalue weighted by molar-refractivity contribution is -0.127. The Kier molecular flexibility index (Phi) is 7.24. The van der Waals surface area contributed by atoms with E-state index in [4.69, 9.17) is 9.47 Å². The van der Waals surface area contributed by atoms with Gasteiger partial charge in [-0.1, -0.05) is 15.9 Å². The molecule has 0 unspecified atom stereocenters. The van der Waals surface area contributed by atoms with Crippen molar-refractivity contribution in [3.05, 3.63) is 51.3 Å². The number of benzene rings is 2. The van der Waals surface area contributed by atoms with Crippen molar-refractivity contribution >= 4 is 56.5 Å². The molecule has 1 heterocycles. The van der Waals surface area contributed by atoms with Crippen LogP contribution >= 0.6 is 27.7 Å². The number of hydrogen-bond acceptors (Lipinski definition) is 7. The Morgan fingerprint density at radius 1 is 1.26 bits per heavy atom. The summed E-state index contributed by atoms with van der Waals surface area (Å²) >= 11 is 4.00. The number of rotatable bonds is 7. The predicted octanol–water partition coefficient (Wildman–Crippen LogP) is 4.24. The summed E-state index contributed by atoms with van der Waals surface area (Å²) in [5, 5.41) is 12.3. The lowest BCUT2D eigenvalue weighted by Gasteiger charge is -2.13. The molecule has 1 fully saturated rings. The van der Waals surface area contributed by atoms with Gasteiger partial charge < -0.3 is 19.9 Å². The van der Waals surface area contributed by atoms with Gasteiger partial charge in [0.2, 0.25) is 5.91 Å². The second kappa shape index (κ2) is 9.88. The van der Waals surface area contributed by atoms with Crippen LogP contribution in [0.1, 0.15) is 12.5 Å². The molecule has 1 saturated heterocycles. The van der Waals surface area contributed by atoms with E-state index >= 15 is 0 Å². The van der Waals surface area contributed by atoms with Gasteiger partial charge in [0, 0.05) is 15.7 Å². The monoisotopic (exact) mass is 506 g/mol. The van der Waals surface area contributed by atoms with E-state index in [1.165, 1.54) is 13.2 Å². The fraction of sp³-hybridized carbons (Fsp3) is 0.190. The Bertz CT molecular complexity index is 1050. The number of amides is 3. The SMILES string of the molecule is CCOc1ccc(NC(=O)CN2C(=O)S/C(=C/c3cc(Br)cc(OC)c3O)C2=O)cc1. The molecule has 2 aromatic rings. The van der Waals surface area contributed by atoms with E-state index < -0.39 is 23.6 Å². The van der Waals surface area contributed by atoms with Crippen LogP contribution in [0.2, 0.25) is 0 Å². The molecule has 0 radical (unpaired) electrons. The van der Waals surface area contributed by atoms with E-state index in [9.17, 15) is 19.5 Å². The van der Waals surface area contributed by atoms with Crippen molar-refractivity contribution in [2.75, 3.05) is 25.6 Å². The zero-order chi connectivity index (χ0) is 22.5. The summed E-state index contributed by atoms with van der Waals surface area (Å²) < 4.78 is 11.1. The zero-order valence-corrected chi connectivity index (χ0v) is 19.1.